The number of carbonyl (C=O) groups is 2. The quantitative estimate of drug-likeness (QED) is 0.300. The summed E-state index contributed by atoms with van der Waals surface area (Å²) in [6.45, 7) is 10.3. The lowest BCUT2D eigenvalue weighted by molar-refractivity contribution is -0.140. The number of carboxylic acids is 2. The molecule has 0 heterocycles. The highest BCUT2D eigenvalue weighted by molar-refractivity contribution is 5.81. The Morgan fingerprint density at radius 3 is 1.87 bits per heavy atom. The lowest BCUT2D eigenvalue weighted by atomic mass is 9.78. The highest BCUT2D eigenvalue weighted by Gasteiger charge is 2.31. The molecule has 2 unspecified atom stereocenters. The lowest BCUT2D eigenvalue weighted by Gasteiger charge is -2.26. The summed E-state index contributed by atoms with van der Waals surface area (Å²) < 4.78 is 0. The fraction of sp³-hybridized carbons (Fsp3) is 0.692. The van der Waals surface area contributed by atoms with Crippen molar-refractivity contribution in [2.45, 2.75) is 104 Å². The van der Waals surface area contributed by atoms with E-state index in [1.165, 1.54) is 25.7 Å². The van der Waals surface area contributed by atoms with Gasteiger partial charge in [-0.05, 0) is 54.2 Å². The van der Waals surface area contributed by atoms with Crippen molar-refractivity contribution in [3.8, 4) is 0 Å². The molecule has 0 aliphatic rings. The predicted octanol–water partition coefficient (Wildman–Crippen LogP) is 7.02. The average molecular weight is 419 g/mol. The Morgan fingerprint density at radius 1 is 0.800 bits per heavy atom. The van der Waals surface area contributed by atoms with E-state index < -0.39 is 23.8 Å². The number of aryl methyl sites for hydroxylation is 1. The van der Waals surface area contributed by atoms with Crippen molar-refractivity contribution in [2.24, 2.45) is 11.8 Å². The van der Waals surface area contributed by atoms with Crippen molar-refractivity contribution in [3.05, 3.63) is 34.9 Å². The van der Waals surface area contributed by atoms with E-state index in [2.05, 4.69) is 6.92 Å². The molecule has 0 radical (unpaired) electrons. The molecular weight excluding hydrogens is 376 g/mol. The van der Waals surface area contributed by atoms with Crippen molar-refractivity contribution in [2.75, 3.05) is 0 Å². The van der Waals surface area contributed by atoms with Gasteiger partial charge >= 0.3 is 11.9 Å². The van der Waals surface area contributed by atoms with Crippen LogP contribution in [0.1, 0.15) is 115 Å². The van der Waals surface area contributed by atoms with Gasteiger partial charge in [0.2, 0.25) is 0 Å². The number of benzene rings is 1. The minimum absolute atomic E-state index is 0.217. The fourth-order valence-corrected chi connectivity index (χ4v) is 4.32. The van der Waals surface area contributed by atoms with Gasteiger partial charge in [0.05, 0.1) is 11.8 Å². The largest absolute Gasteiger partial charge is 0.481 e. The van der Waals surface area contributed by atoms with Crippen molar-refractivity contribution in [1.29, 1.82) is 0 Å². The van der Waals surface area contributed by atoms with E-state index in [0.717, 1.165) is 30.4 Å². The van der Waals surface area contributed by atoms with Crippen LogP contribution in [0, 0.1) is 11.8 Å². The Balaban J connectivity index is 3.32. The maximum absolute atomic E-state index is 12.3. The summed E-state index contributed by atoms with van der Waals surface area (Å²) in [7, 11) is 0. The third-order valence-corrected chi connectivity index (χ3v) is 5.76. The summed E-state index contributed by atoms with van der Waals surface area (Å²) in [6, 6.07) is 5.77. The molecule has 1 rings (SSSR count). The smallest absolute Gasteiger partial charge is 0.311 e. The van der Waals surface area contributed by atoms with E-state index in [1.807, 2.05) is 45.9 Å². The highest BCUT2D eigenvalue weighted by Crippen LogP contribution is 2.37. The Bertz CT molecular complexity index is 663. The number of hydrogen-bond donors (Lipinski definition) is 2. The molecule has 0 bridgehead atoms. The van der Waals surface area contributed by atoms with E-state index >= 15 is 0 Å². The van der Waals surface area contributed by atoms with Crippen LogP contribution in [0.3, 0.4) is 0 Å². The molecule has 2 atom stereocenters. The second kappa shape index (κ2) is 13.5. The molecule has 0 fully saturated rings. The van der Waals surface area contributed by atoms with E-state index in [4.69, 9.17) is 0 Å². The van der Waals surface area contributed by atoms with Crippen molar-refractivity contribution < 1.29 is 19.8 Å². The Kier molecular flexibility index (Phi) is 11.8. The molecule has 170 valence electrons. The first-order valence-electron chi connectivity index (χ1n) is 11.8. The number of unbranched alkanes of at least 4 members (excludes halogenated alkanes) is 5. The minimum atomic E-state index is -0.865. The van der Waals surface area contributed by atoms with Crippen molar-refractivity contribution in [3.63, 3.8) is 0 Å². The number of aliphatic carboxylic acids is 2. The molecule has 0 saturated carbocycles. The van der Waals surface area contributed by atoms with E-state index in [9.17, 15) is 19.8 Å². The predicted molar refractivity (Wildman–Crippen MR) is 123 cm³/mol. The van der Waals surface area contributed by atoms with Crippen molar-refractivity contribution in [1.82, 2.24) is 0 Å². The van der Waals surface area contributed by atoms with Crippen LogP contribution in [0.15, 0.2) is 18.2 Å². The molecule has 0 spiro atoms. The molecular formula is C26H42O4. The summed E-state index contributed by atoms with van der Waals surface area (Å²) >= 11 is 0. The van der Waals surface area contributed by atoms with Crippen LogP contribution in [0.4, 0.5) is 0 Å². The van der Waals surface area contributed by atoms with Gasteiger partial charge in [0.25, 0.3) is 0 Å². The van der Waals surface area contributed by atoms with Crippen LogP contribution in [-0.2, 0) is 16.0 Å². The standard InChI is InChI=1S/C26H42O4/c1-6-7-8-9-10-11-13-20-14-12-15-21(22(25(27)28)16-18(2)3)24(20)23(26(29)30)17-19(4)5/h12,14-15,18-19,22-23H,6-11,13,16-17H2,1-5H3,(H,27,28)(H,29,30). The van der Waals surface area contributed by atoms with Gasteiger partial charge in [-0.3, -0.25) is 9.59 Å². The van der Waals surface area contributed by atoms with Crippen LogP contribution >= 0.6 is 0 Å². The second-order valence-electron chi connectivity index (χ2n) is 9.48. The van der Waals surface area contributed by atoms with Gasteiger partial charge in [-0.15, -0.1) is 0 Å². The molecule has 0 aliphatic heterocycles. The molecule has 0 saturated heterocycles. The first kappa shape index (κ1) is 26.2. The molecule has 4 heteroatoms. The van der Waals surface area contributed by atoms with E-state index in [0.29, 0.717) is 18.4 Å². The summed E-state index contributed by atoms with van der Waals surface area (Å²) in [5.41, 5.74) is 2.49. The van der Waals surface area contributed by atoms with Gasteiger partial charge in [-0.1, -0.05) is 84.9 Å². The van der Waals surface area contributed by atoms with E-state index in [-0.39, 0.29) is 11.8 Å². The monoisotopic (exact) mass is 418 g/mol. The van der Waals surface area contributed by atoms with Gasteiger partial charge < -0.3 is 10.2 Å². The summed E-state index contributed by atoms with van der Waals surface area (Å²) in [4.78, 5) is 24.4. The maximum atomic E-state index is 12.3. The zero-order valence-electron chi connectivity index (χ0n) is 19.6. The van der Waals surface area contributed by atoms with Crippen LogP contribution < -0.4 is 0 Å². The van der Waals surface area contributed by atoms with Gasteiger partial charge in [-0.2, -0.15) is 0 Å². The maximum Gasteiger partial charge on any atom is 0.311 e. The van der Waals surface area contributed by atoms with E-state index in [1.54, 1.807) is 0 Å². The minimum Gasteiger partial charge on any atom is -0.481 e. The zero-order chi connectivity index (χ0) is 22.7. The molecule has 4 nitrogen and oxygen atoms in total. The Labute approximate surface area is 183 Å². The van der Waals surface area contributed by atoms with Gasteiger partial charge in [-0.25, -0.2) is 0 Å². The zero-order valence-corrected chi connectivity index (χ0v) is 19.6. The topological polar surface area (TPSA) is 74.6 Å². The Hall–Kier alpha value is -1.84. The summed E-state index contributed by atoms with van der Waals surface area (Å²) in [5, 5.41) is 20.0. The number of hydrogen-bond acceptors (Lipinski definition) is 2. The number of rotatable bonds is 15. The van der Waals surface area contributed by atoms with Gasteiger partial charge in [0.15, 0.2) is 0 Å². The molecule has 0 amide bonds. The summed E-state index contributed by atoms with van der Waals surface area (Å²) in [6.07, 6.45) is 8.88. The first-order valence-corrected chi connectivity index (χ1v) is 11.8. The molecule has 0 aliphatic carbocycles. The van der Waals surface area contributed by atoms with Gasteiger partial charge in [0.1, 0.15) is 0 Å². The van der Waals surface area contributed by atoms with Gasteiger partial charge in [0, 0.05) is 0 Å². The Morgan fingerprint density at radius 2 is 1.33 bits per heavy atom. The fourth-order valence-electron chi connectivity index (χ4n) is 4.32. The van der Waals surface area contributed by atoms with Crippen molar-refractivity contribution >= 4 is 11.9 Å². The molecule has 1 aromatic carbocycles. The second-order valence-corrected chi connectivity index (χ2v) is 9.48. The summed E-state index contributed by atoms with van der Waals surface area (Å²) in [5.74, 6) is -2.61. The average Bonchev–Trinajstić information content (AvgIpc) is 2.66. The number of carboxylic acid groups (broad SMARTS) is 2. The molecule has 2 N–H and O–H groups in total. The van der Waals surface area contributed by atoms with Crippen LogP contribution in [-0.4, -0.2) is 22.2 Å². The normalized spacial score (nSPS) is 13.6. The molecule has 1 aromatic rings. The van der Waals surface area contributed by atoms with Crippen LogP contribution in [0.2, 0.25) is 0 Å². The SMILES string of the molecule is CCCCCCCCc1cccc(C(CC(C)C)C(=O)O)c1C(CC(C)C)C(=O)O. The third kappa shape index (κ3) is 8.49. The first-order chi connectivity index (χ1) is 14.2. The third-order valence-electron chi connectivity index (χ3n) is 5.76. The van der Waals surface area contributed by atoms with Crippen LogP contribution in [0.25, 0.3) is 0 Å². The molecule has 30 heavy (non-hydrogen) atoms. The highest BCUT2D eigenvalue weighted by atomic mass is 16.4. The molecule has 0 aromatic heterocycles. The lowest BCUT2D eigenvalue weighted by Crippen LogP contribution is -2.22. The van der Waals surface area contributed by atoms with Crippen LogP contribution in [0.5, 0.6) is 0 Å².